The summed E-state index contributed by atoms with van der Waals surface area (Å²) in [5, 5.41) is 23.1. The number of hydrogen-bond acceptors (Lipinski definition) is 6. The second-order valence-corrected chi connectivity index (χ2v) is 11.1. The molecule has 24 heavy (non-hydrogen) atoms. The van der Waals surface area contributed by atoms with E-state index in [1.165, 1.54) is 6.92 Å². The van der Waals surface area contributed by atoms with Gasteiger partial charge in [0.1, 0.15) is 23.9 Å². The smallest absolute Gasteiger partial charge is 0.222 e. The highest BCUT2D eigenvalue weighted by Crippen LogP contribution is 2.38. The molecule has 0 aliphatic carbocycles. The lowest BCUT2D eigenvalue weighted by molar-refractivity contribution is -0.117. The van der Waals surface area contributed by atoms with Crippen molar-refractivity contribution in [3.05, 3.63) is 24.7 Å². The second kappa shape index (κ2) is 7.23. The third-order valence-electron chi connectivity index (χ3n) is 3.87. The summed E-state index contributed by atoms with van der Waals surface area (Å²) >= 11 is 0. The number of hydrogen-bond donors (Lipinski definition) is 3. The van der Waals surface area contributed by atoms with Crippen molar-refractivity contribution in [2.75, 3.05) is 19.5 Å². The third-order valence-corrected chi connectivity index (χ3v) is 5.34. The first-order valence-electron chi connectivity index (χ1n) is 7.79. The van der Waals surface area contributed by atoms with Crippen molar-refractivity contribution in [2.45, 2.75) is 37.9 Å². The molecule has 8 heteroatoms. The van der Waals surface area contributed by atoms with Gasteiger partial charge in [0.25, 0.3) is 0 Å². The Hall–Kier alpha value is -1.40. The predicted molar refractivity (Wildman–Crippen MR) is 97.4 cm³/mol. The molecular formula is C16H26N3O4P. The first-order chi connectivity index (χ1) is 11.1. The highest BCUT2D eigenvalue weighted by Gasteiger charge is 2.45. The Morgan fingerprint density at radius 1 is 1.46 bits per heavy atom. The van der Waals surface area contributed by atoms with Crippen molar-refractivity contribution < 1.29 is 19.7 Å². The molecule has 4 atom stereocenters. The largest absolute Gasteiger partial charge is 0.388 e. The summed E-state index contributed by atoms with van der Waals surface area (Å²) in [6, 6.07) is 0. The van der Waals surface area contributed by atoms with Gasteiger partial charge in [0.15, 0.2) is 6.23 Å². The van der Waals surface area contributed by atoms with Gasteiger partial charge < -0.3 is 25.2 Å². The quantitative estimate of drug-likeness (QED) is 0.634. The highest BCUT2D eigenvalue weighted by molar-refractivity contribution is 7.72. The van der Waals surface area contributed by atoms with Gasteiger partial charge in [-0.15, -0.1) is 13.2 Å². The van der Waals surface area contributed by atoms with E-state index in [2.05, 4.69) is 36.5 Å². The number of amides is 1. The van der Waals surface area contributed by atoms with Gasteiger partial charge in [-0.1, -0.05) is 6.58 Å². The van der Waals surface area contributed by atoms with Crippen LogP contribution in [0.1, 0.15) is 13.3 Å². The molecule has 134 valence electrons. The number of carbonyl (C=O) groups excluding carboxylic acids is 1. The lowest BCUT2D eigenvalue weighted by Crippen LogP contribution is -2.42. The Kier molecular flexibility index (Phi) is 5.71. The SMILES string of the molecule is C=C1N=C(NC(C)=O)C=CN1C1OC(CCP(=C)(C)C)[C@@H](O)[C@H]1O. The van der Waals surface area contributed by atoms with Crippen LogP contribution in [0.3, 0.4) is 0 Å². The number of carbonyl (C=O) groups is 1. The van der Waals surface area contributed by atoms with E-state index in [4.69, 9.17) is 4.74 Å². The highest BCUT2D eigenvalue weighted by atomic mass is 31.2. The standard InChI is InChI=1S/C16H26N3O4P/c1-10-17-13(18-11(2)20)6-8-19(10)16-15(22)14(21)12(23-16)7-9-24(3,4)5/h6,8,12,14-16,21-22H,1,3,7,9H2,2,4-5H3,(H,17,18,20)/t12?,14-,15-,16?/m1/s1. The minimum absolute atomic E-state index is 0.230. The molecule has 0 bridgehead atoms. The van der Waals surface area contributed by atoms with Gasteiger partial charge in [0.2, 0.25) is 5.91 Å². The molecule has 1 saturated heterocycles. The summed E-state index contributed by atoms with van der Waals surface area (Å²) in [7, 11) is 0. The van der Waals surface area contributed by atoms with Crippen LogP contribution in [0.5, 0.6) is 0 Å². The van der Waals surface area contributed by atoms with Crippen LogP contribution in [0, 0.1) is 0 Å². The number of nitrogens with one attached hydrogen (secondary N) is 1. The number of aliphatic hydroxyl groups is 2. The van der Waals surface area contributed by atoms with Gasteiger partial charge in [-0.2, -0.15) is 0 Å². The molecule has 3 N–H and O–H groups in total. The summed E-state index contributed by atoms with van der Waals surface area (Å²) in [6.07, 6.45) is 5.63. The maximum atomic E-state index is 11.1. The van der Waals surface area contributed by atoms with Crippen LogP contribution in [-0.4, -0.2) is 77.2 Å². The van der Waals surface area contributed by atoms with Gasteiger partial charge in [-0.25, -0.2) is 4.99 Å². The van der Waals surface area contributed by atoms with Crippen LogP contribution in [0.15, 0.2) is 29.7 Å². The van der Waals surface area contributed by atoms with E-state index >= 15 is 0 Å². The van der Waals surface area contributed by atoms with Gasteiger partial charge in [-0.05, 0) is 32.0 Å². The average molecular weight is 355 g/mol. The Labute approximate surface area is 142 Å². The third kappa shape index (κ3) is 4.57. The average Bonchev–Trinajstić information content (AvgIpc) is 2.72. The Morgan fingerprint density at radius 2 is 2.12 bits per heavy atom. The summed E-state index contributed by atoms with van der Waals surface area (Å²) in [6.45, 7) is 8.23. The first kappa shape index (κ1) is 18.9. The van der Waals surface area contributed by atoms with E-state index < -0.39 is 31.4 Å². The van der Waals surface area contributed by atoms with Crippen LogP contribution in [-0.2, 0) is 9.53 Å². The number of aliphatic hydroxyl groups excluding tert-OH is 2. The van der Waals surface area contributed by atoms with E-state index in [1.807, 2.05) is 0 Å². The van der Waals surface area contributed by atoms with Crippen molar-refractivity contribution in [1.82, 2.24) is 10.2 Å². The van der Waals surface area contributed by atoms with E-state index in [9.17, 15) is 15.0 Å². The number of amidine groups is 1. The van der Waals surface area contributed by atoms with Crippen molar-refractivity contribution in [3.63, 3.8) is 0 Å². The maximum Gasteiger partial charge on any atom is 0.222 e. The molecule has 7 nitrogen and oxygen atoms in total. The van der Waals surface area contributed by atoms with Crippen LogP contribution in [0.4, 0.5) is 0 Å². The zero-order chi connectivity index (χ0) is 18.1. The Bertz CT molecular complexity index is 625. The van der Waals surface area contributed by atoms with Gasteiger partial charge in [0.05, 0.1) is 6.10 Å². The molecule has 0 aromatic heterocycles. The molecule has 2 heterocycles. The molecule has 0 saturated carbocycles. The summed E-state index contributed by atoms with van der Waals surface area (Å²) in [5.74, 6) is 0.464. The molecule has 0 aromatic carbocycles. The van der Waals surface area contributed by atoms with Crippen molar-refractivity contribution in [2.24, 2.45) is 4.99 Å². The monoisotopic (exact) mass is 355 g/mol. The molecule has 2 aliphatic rings. The number of aliphatic imine (C=N–C) groups is 1. The molecule has 2 unspecified atom stereocenters. The van der Waals surface area contributed by atoms with Gasteiger partial charge >= 0.3 is 0 Å². The zero-order valence-electron chi connectivity index (χ0n) is 14.3. The summed E-state index contributed by atoms with van der Waals surface area (Å²) < 4.78 is 5.85. The maximum absolute atomic E-state index is 11.1. The Balaban J connectivity index is 2.04. The molecule has 1 fully saturated rings. The number of ether oxygens (including phenoxy) is 1. The van der Waals surface area contributed by atoms with Gasteiger partial charge in [0, 0.05) is 13.1 Å². The molecule has 0 radical (unpaired) electrons. The van der Waals surface area contributed by atoms with E-state index in [0.29, 0.717) is 18.1 Å². The minimum atomic E-state index is -1.23. The van der Waals surface area contributed by atoms with Gasteiger partial charge in [-0.3, -0.25) is 4.79 Å². The normalized spacial score (nSPS) is 30.5. The molecule has 0 spiro atoms. The second-order valence-electron chi connectivity index (χ2n) is 6.81. The summed E-state index contributed by atoms with van der Waals surface area (Å²) in [4.78, 5) is 16.8. The molecule has 2 rings (SSSR count). The molecule has 2 aliphatic heterocycles. The molecular weight excluding hydrogens is 329 g/mol. The van der Waals surface area contributed by atoms with E-state index in [1.54, 1.807) is 17.2 Å². The van der Waals surface area contributed by atoms with Crippen LogP contribution < -0.4 is 5.32 Å². The number of rotatable bonds is 4. The minimum Gasteiger partial charge on any atom is -0.388 e. The predicted octanol–water partition coefficient (Wildman–Crippen LogP) is 0.367. The lowest BCUT2D eigenvalue weighted by Gasteiger charge is -2.30. The molecule has 1 amide bonds. The Morgan fingerprint density at radius 3 is 2.67 bits per heavy atom. The zero-order valence-corrected chi connectivity index (χ0v) is 15.2. The van der Waals surface area contributed by atoms with Crippen LogP contribution >= 0.6 is 6.89 Å². The van der Waals surface area contributed by atoms with Crippen LogP contribution in [0.2, 0.25) is 0 Å². The van der Waals surface area contributed by atoms with Crippen LogP contribution in [0.25, 0.3) is 0 Å². The number of nitrogens with zero attached hydrogens (tertiary/aromatic N) is 2. The van der Waals surface area contributed by atoms with E-state index in [-0.39, 0.29) is 5.91 Å². The van der Waals surface area contributed by atoms with Crippen molar-refractivity contribution in [3.8, 4) is 0 Å². The van der Waals surface area contributed by atoms with E-state index in [0.717, 1.165) is 6.16 Å². The molecule has 0 aromatic rings. The first-order valence-corrected chi connectivity index (χ1v) is 10.8. The van der Waals surface area contributed by atoms with Crippen molar-refractivity contribution in [1.29, 1.82) is 0 Å². The topological polar surface area (TPSA) is 94.4 Å². The summed E-state index contributed by atoms with van der Waals surface area (Å²) in [5.41, 5.74) is 0. The fraction of sp³-hybridized carbons (Fsp3) is 0.562. The fourth-order valence-electron chi connectivity index (χ4n) is 2.63. The van der Waals surface area contributed by atoms with Crippen molar-refractivity contribution >= 4 is 24.9 Å². The lowest BCUT2D eigenvalue weighted by atomic mass is 10.1. The fourth-order valence-corrected chi connectivity index (χ4v) is 3.58.